The van der Waals surface area contributed by atoms with Gasteiger partial charge in [0.15, 0.2) is 0 Å². The van der Waals surface area contributed by atoms with Gasteiger partial charge in [0.2, 0.25) is 15.9 Å². The molecule has 0 radical (unpaired) electrons. The molecule has 0 saturated carbocycles. The lowest BCUT2D eigenvalue weighted by Crippen LogP contribution is -2.54. The number of rotatable bonds is 5. The molecule has 1 fully saturated rings. The summed E-state index contributed by atoms with van der Waals surface area (Å²) >= 11 is 0. The van der Waals surface area contributed by atoms with Gasteiger partial charge < -0.3 is 5.32 Å². The molecule has 162 valence electrons. The van der Waals surface area contributed by atoms with Crippen molar-refractivity contribution >= 4 is 21.6 Å². The monoisotopic (exact) mass is 429 g/mol. The van der Waals surface area contributed by atoms with Crippen molar-refractivity contribution in [3.63, 3.8) is 0 Å². The Labute approximate surface area is 179 Å². The highest BCUT2D eigenvalue weighted by molar-refractivity contribution is 7.89. The van der Waals surface area contributed by atoms with Crippen LogP contribution in [0.2, 0.25) is 0 Å². The molecule has 0 unspecified atom stereocenters. The molecule has 3 rings (SSSR count). The number of nitrogens with zero attached hydrogens (tertiary/aromatic N) is 2. The topological polar surface area (TPSA) is 69.7 Å². The molecule has 1 aliphatic rings. The Morgan fingerprint density at radius 1 is 0.900 bits per heavy atom. The summed E-state index contributed by atoms with van der Waals surface area (Å²) in [5.74, 6) is -0.0745. The minimum absolute atomic E-state index is 0.0745. The number of hydrogen-bond donors (Lipinski definition) is 1. The highest BCUT2D eigenvalue weighted by Gasteiger charge is 2.32. The van der Waals surface area contributed by atoms with Crippen LogP contribution in [0.15, 0.2) is 41.3 Å². The number of anilines is 1. The third-order valence-corrected chi connectivity index (χ3v) is 7.85. The van der Waals surface area contributed by atoms with E-state index in [0.717, 1.165) is 27.9 Å². The lowest BCUT2D eigenvalue weighted by atomic mass is 10.1. The third-order valence-electron chi connectivity index (χ3n) is 5.81. The number of carbonyl (C=O) groups excluding carboxylic acids is 1. The standard InChI is InChI=1S/C23H31N3O3S/c1-16-6-8-18(3)21(14-16)24-23(27)20(5)25-10-12-26(13-11-25)30(28,29)22-15-17(2)7-9-19(22)4/h6-9,14-15,20H,10-13H2,1-5H3,(H,24,27)/t20-/m1/s1. The highest BCUT2D eigenvalue weighted by Crippen LogP contribution is 2.23. The van der Waals surface area contributed by atoms with Crippen LogP contribution < -0.4 is 5.32 Å². The number of amides is 1. The SMILES string of the molecule is Cc1ccc(C)c(NC(=O)[C@@H](C)N2CCN(S(=O)(=O)c3cc(C)ccc3C)CC2)c1. The van der Waals surface area contributed by atoms with Crippen LogP contribution >= 0.6 is 0 Å². The molecule has 1 heterocycles. The van der Waals surface area contributed by atoms with Gasteiger partial charge in [-0.3, -0.25) is 9.69 Å². The van der Waals surface area contributed by atoms with E-state index in [1.54, 1.807) is 6.07 Å². The van der Waals surface area contributed by atoms with Crippen molar-refractivity contribution in [2.75, 3.05) is 31.5 Å². The fourth-order valence-corrected chi connectivity index (χ4v) is 5.46. The Kier molecular flexibility index (Phi) is 6.65. The van der Waals surface area contributed by atoms with Crippen molar-refractivity contribution in [3.05, 3.63) is 58.7 Å². The molecule has 0 spiro atoms. The first-order valence-electron chi connectivity index (χ1n) is 10.3. The summed E-state index contributed by atoms with van der Waals surface area (Å²) in [7, 11) is -3.54. The molecule has 0 aliphatic carbocycles. The first-order valence-corrected chi connectivity index (χ1v) is 11.7. The summed E-state index contributed by atoms with van der Waals surface area (Å²) in [6.07, 6.45) is 0. The Hall–Kier alpha value is -2.22. The van der Waals surface area contributed by atoms with Crippen LogP contribution in [0.3, 0.4) is 0 Å². The fourth-order valence-electron chi connectivity index (χ4n) is 3.73. The molecule has 30 heavy (non-hydrogen) atoms. The summed E-state index contributed by atoms with van der Waals surface area (Å²) < 4.78 is 27.7. The maximum atomic E-state index is 13.1. The first-order chi connectivity index (χ1) is 14.1. The van der Waals surface area contributed by atoms with Crippen molar-refractivity contribution in [2.24, 2.45) is 0 Å². The van der Waals surface area contributed by atoms with Crippen molar-refractivity contribution in [2.45, 2.75) is 45.6 Å². The smallest absolute Gasteiger partial charge is 0.243 e. The summed E-state index contributed by atoms with van der Waals surface area (Å²) in [5.41, 5.74) is 4.61. The maximum absolute atomic E-state index is 13.1. The van der Waals surface area contributed by atoms with E-state index in [-0.39, 0.29) is 11.9 Å². The lowest BCUT2D eigenvalue weighted by Gasteiger charge is -2.37. The van der Waals surface area contributed by atoms with Crippen LogP contribution in [0.5, 0.6) is 0 Å². The van der Waals surface area contributed by atoms with Gasteiger partial charge in [-0.15, -0.1) is 0 Å². The lowest BCUT2D eigenvalue weighted by molar-refractivity contribution is -0.121. The first kappa shape index (κ1) is 22.5. The predicted molar refractivity (Wildman–Crippen MR) is 120 cm³/mol. The minimum atomic E-state index is -3.54. The largest absolute Gasteiger partial charge is 0.324 e. The van der Waals surface area contributed by atoms with Gasteiger partial charge in [0.25, 0.3) is 0 Å². The molecule has 1 atom stereocenters. The van der Waals surface area contributed by atoms with Crippen molar-refractivity contribution in [1.82, 2.24) is 9.21 Å². The van der Waals surface area contributed by atoms with Crippen molar-refractivity contribution < 1.29 is 13.2 Å². The molecule has 7 heteroatoms. The van der Waals surface area contributed by atoms with E-state index >= 15 is 0 Å². The molecule has 2 aromatic rings. The average molecular weight is 430 g/mol. The zero-order valence-corrected chi connectivity index (χ0v) is 19.2. The highest BCUT2D eigenvalue weighted by atomic mass is 32.2. The Morgan fingerprint density at radius 3 is 2.10 bits per heavy atom. The number of carbonyl (C=O) groups is 1. The van der Waals surface area contributed by atoms with Crippen LogP contribution in [-0.4, -0.2) is 55.8 Å². The number of aryl methyl sites for hydroxylation is 4. The summed E-state index contributed by atoms with van der Waals surface area (Å²) in [6.45, 7) is 11.3. The van der Waals surface area contributed by atoms with E-state index in [9.17, 15) is 13.2 Å². The van der Waals surface area contributed by atoms with E-state index < -0.39 is 10.0 Å². The van der Waals surface area contributed by atoms with Crippen molar-refractivity contribution in [3.8, 4) is 0 Å². The van der Waals surface area contributed by atoms with Crippen molar-refractivity contribution in [1.29, 1.82) is 0 Å². The maximum Gasteiger partial charge on any atom is 0.243 e. The van der Waals surface area contributed by atoms with Gasteiger partial charge in [0.1, 0.15) is 0 Å². The normalized spacial score (nSPS) is 17.0. The van der Waals surface area contributed by atoms with Crippen LogP contribution in [0, 0.1) is 27.7 Å². The minimum Gasteiger partial charge on any atom is -0.324 e. The van der Waals surface area contributed by atoms with Crippen LogP contribution in [-0.2, 0) is 14.8 Å². The Morgan fingerprint density at radius 2 is 1.47 bits per heavy atom. The van der Waals surface area contributed by atoms with E-state index in [2.05, 4.69) is 5.32 Å². The molecule has 1 aliphatic heterocycles. The second-order valence-electron chi connectivity index (χ2n) is 8.19. The molecule has 1 saturated heterocycles. The van der Waals surface area contributed by atoms with Gasteiger partial charge in [0, 0.05) is 31.9 Å². The quantitative estimate of drug-likeness (QED) is 0.792. The number of sulfonamides is 1. The molecular weight excluding hydrogens is 398 g/mol. The molecule has 1 amide bonds. The summed E-state index contributed by atoms with van der Waals surface area (Å²) in [6, 6.07) is 11.1. The molecule has 0 bridgehead atoms. The van der Waals surface area contributed by atoms with Gasteiger partial charge in [0.05, 0.1) is 10.9 Å². The second kappa shape index (κ2) is 8.88. The zero-order valence-electron chi connectivity index (χ0n) is 18.4. The summed E-state index contributed by atoms with van der Waals surface area (Å²) in [5, 5.41) is 3.02. The van der Waals surface area contributed by atoms with Gasteiger partial charge in [-0.1, -0.05) is 24.3 Å². The average Bonchev–Trinajstić information content (AvgIpc) is 2.72. The van der Waals surface area contributed by atoms with E-state index in [0.29, 0.717) is 31.1 Å². The fraction of sp³-hybridized carbons (Fsp3) is 0.435. The molecule has 2 aromatic carbocycles. The van der Waals surface area contributed by atoms with Gasteiger partial charge in [-0.05, 0) is 69.0 Å². The van der Waals surface area contributed by atoms with Crippen LogP contribution in [0.1, 0.15) is 29.2 Å². The Bertz CT molecular complexity index is 1040. The van der Waals surface area contributed by atoms with Crippen LogP contribution in [0.25, 0.3) is 0 Å². The second-order valence-corrected chi connectivity index (χ2v) is 10.1. The van der Waals surface area contributed by atoms with Gasteiger partial charge in [-0.2, -0.15) is 4.31 Å². The molecular formula is C23H31N3O3S. The van der Waals surface area contributed by atoms with Gasteiger partial charge in [-0.25, -0.2) is 8.42 Å². The zero-order chi connectivity index (χ0) is 22.1. The predicted octanol–water partition coefficient (Wildman–Crippen LogP) is 3.25. The third kappa shape index (κ3) is 4.74. The van der Waals surface area contributed by atoms with E-state index in [1.165, 1.54) is 4.31 Å². The number of nitrogens with one attached hydrogen (secondary N) is 1. The molecule has 1 N–H and O–H groups in total. The molecule has 0 aromatic heterocycles. The Balaban J connectivity index is 1.65. The molecule has 6 nitrogen and oxygen atoms in total. The number of benzene rings is 2. The van der Waals surface area contributed by atoms with E-state index in [4.69, 9.17) is 0 Å². The number of hydrogen-bond acceptors (Lipinski definition) is 4. The van der Waals surface area contributed by atoms with Crippen LogP contribution in [0.4, 0.5) is 5.69 Å². The number of piperazine rings is 1. The van der Waals surface area contributed by atoms with Gasteiger partial charge >= 0.3 is 0 Å². The van der Waals surface area contributed by atoms with E-state index in [1.807, 2.05) is 69.9 Å². The summed E-state index contributed by atoms with van der Waals surface area (Å²) in [4.78, 5) is 15.2.